The van der Waals surface area contributed by atoms with E-state index in [4.69, 9.17) is 4.74 Å². The molecule has 4 saturated carbocycles. The molecule has 0 unspecified atom stereocenters. The largest absolute Gasteiger partial charge is 0.381 e. The Labute approximate surface area is 186 Å². The quantitative estimate of drug-likeness (QED) is 0.454. The molecule has 0 amide bonds. The third-order valence-corrected chi connectivity index (χ3v) is 10.9. The molecule has 0 aliphatic heterocycles. The van der Waals surface area contributed by atoms with E-state index < -0.39 is 0 Å². The average Bonchev–Trinajstić information content (AvgIpc) is 3.05. The van der Waals surface area contributed by atoms with E-state index in [9.17, 15) is 4.79 Å². The molecule has 0 heterocycles. The molecule has 0 radical (unpaired) electrons. The minimum Gasteiger partial charge on any atom is -0.381 e. The lowest BCUT2D eigenvalue weighted by Gasteiger charge is -2.60. The summed E-state index contributed by atoms with van der Waals surface area (Å²) < 4.78 is 5.69. The van der Waals surface area contributed by atoms with Crippen LogP contribution in [0.25, 0.3) is 0 Å². The number of Topliss-reactive ketones (excluding diaryl/α,β-unsaturated/α-hetero) is 1. The summed E-state index contributed by atoms with van der Waals surface area (Å²) in [6.45, 7) is 12.4. The number of methoxy groups -OCH3 is 1. The Kier molecular flexibility index (Phi) is 6.48. The normalized spacial score (nSPS) is 47.0. The topological polar surface area (TPSA) is 26.3 Å². The minimum absolute atomic E-state index is 0.233. The molecule has 0 N–H and O–H groups in total. The van der Waals surface area contributed by atoms with E-state index in [2.05, 4.69) is 34.6 Å². The van der Waals surface area contributed by atoms with Crippen LogP contribution in [-0.4, -0.2) is 19.0 Å². The van der Waals surface area contributed by atoms with Crippen LogP contribution in [-0.2, 0) is 9.53 Å². The SMILES string of the molecule is CO[C@@H]1CC[C@@]2(C)[C@@H](C1)C(=O)C[C@@H]1[C@@H]2CC[C@]2(C)[C@@H]([C@H](C)CCCC(C)C)CC[C@@H]12. The average molecular weight is 417 g/mol. The molecular formula is C28H48O2. The molecule has 9 atom stereocenters. The van der Waals surface area contributed by atoms with Gasteiger partial charge < -0.3 is 4.74 Å². The minimum atomic E-state index is 0.233. The smallest absolute Gasteiger partial charge is 0.136 e. The van der Waals surface area contributed by atoms with E-state index in [0.717, 1.165) is 48.9 Å². The summed E-state index contributed by atoms with van der Waals surface area (Å²) >= 11 is 0. The van der Waals surface area contributed by atoms with Crippen LogP contribution in [0.5, 0.6) is 0 Å². The first-order valence-corrected chi connectivity index (χ1v) is 13.3. The number of hydrogen-bond donors (Lipinski definition) is 0. The van der Waals surface area contributed by atoms with Crippen molar-refractivity contribution in [3.8, 4) is 0 Å². The van der Waals surface area contributed by atoms with Crippen molar-refractivity contribution in [1.29, 1.82) is 0 Å². The zero-order valence-electron chi connectivity index (χ0n) is 20.7. The first-order valence-electron chi connectivity index (χ1n) is 13.3. The van der Waals surface area contributed by atoms with Crippen molar-refractivity contribution in [2.45, 2.75) is 111 Å². The zero-order valence-corrected chi connectivity index (χ0v) is 20.7. The van der Waals surface area contributed by atoms with Gasteiger partial charge in [-0.3, -0.25) is 4.79 Å². The van der Waals surface area contributed by atoms with E-state index in [1.165, 1.54) is 51.4 Å². The molecule has 4 aliphatic carbocycles. The highest BCUT2D eigenvalue weighted by Gasteiger charge is 2.62. The molecule has 0 aromatic rings. The van der Waals surface area contributed by atoms with E-state index in [1.54, 1.807) is 0 Å². The Hall–Kier alpha value is -0.370. The number of hydrogen-bond acceptors (Lipinski definition) is 2. The van der Waals surface area contributed by atoms with Gasteiger partial charge in [0.25, 0.3) is 0 Å². The third kappa shape index (κ3) is 3.71. The summed E-state index contributed by atoms with van der Waals surface area (Å²) in [5.41, 5.74) is 0.711. The van der Waals surface area contributed by atoms with Crippen molar-refractivity contribution < 1.29 is 9.53 Å². The molecule has 0 spiro atoms. The number of fused-ring (bicyclic) bond motifs is 5. The molecule has 172 valence electrons. The van der Waals surface area contributed by atoms with Crippen molar-refractivity contribution in [2.75, 3.05) is 7.11 Å². The van der Waals surface area contributed by atoms with E-state index in [-0.39, 0.29) is 11.3 Å². The van der Waals surface area contributed by atoms with Crippen LogP contribution in [0, 0.1) is 52.3 Å². The molecule has 2 nitrogen and oxygen atoms in total. The zero-order chi connectivity index (χ0) is 21.7. The van der Waals surface area contributed by atoms with Gasteiger partial charge >= 0.3 is 0 Å². The Morgan fingerprint density at radius 3 is 2.37 bits per heavy atom. The highest BCUT2D eigenvalue weighted by Crippen LogP contribution is 2.67. The van der Waals surface area contributed by atoms with Crippen LogP contribution < -0.4 is 0 Å². The lowest BCUT2D eigenvalue weighted by atomic mass is 9.44. The van der Waals surface area contributed by atoms with Gasteiger partial charge in [0.15, 0.2) is 0 Å². The van der Waals surface area contributed by atoms with Crippen molar-refractivity contribution in [3.63, 3.8) is 0 Å². The molecule has 30 heavy (non-hydrogen) atoms. The summed E-state index contributed by atoms with van der Waals surface area (Å²) in [7, 11) is 1.83. The van der Waals surface area contributed by atoms with Gasteiger partial charge in [-0.25, -0.2) is 0 Å². The van der Waals surface area contributed by atoms with Gasteiger partial charge in [0.1, 0.15) is 5.78 Å². The van der Waals surface area contributed by atoms with Gasteiger partial charge in [-0.05, 0) is 91.3 Å². The maximum absolute atomic E-state index is 13.4. The van der Waals surface area contributed by atoms with Crippen molar-refractivity contribution in [3.05, 3.63) is 0 Å². The fraction of sp³-hybridized carbons (Fsp3) is 0.964. The number of carbonyl (C=O) groups excluding carboxylic acids is 1. The Balaban J connectivity index is 1.50. The van der Waals surface area contributed by atoms with Crippen LogP contribution in [0.2, 0.25) is 0 Å². The van der Waals surface area contributed by atoms with Gasteiger partial charge in [-0.2, -0.15) is 0 Å². The number of carbonyl (C=O) groups is 1. The van der Waals surface area contributed by atoms with Gasteiger partial charge in [-0.15, -0.1) is 0 Å². The monoisotopic (exact) mass is 416 g/mol. The van der Waals surface area contributed by atoms with Crippen LogP contribution in [0.3, 0.4) is 0 Å². The first-order chi connectivity index (χ1) is 14.2. The van der Waals surface area contributed by atoms with Crippen LogP contribution in [0.1, 0.15) is 105 Å². The standard InChI is InChI=1S/C28H48O2/c1-18(2)8-7-9-19(3)22-10-11-23-21-17-26(29)25-16-20(30-6)12-14-28(25,5)24(21)13-15-27(22,23)4/h18-25H,7-17H2,1-6H3/t19-,20-,21+,22-,23+,24+,25+,27-,28-/m1/s1. The van der Waals surface area contributed by atoms with Gasteiger partial charge in [0.05, 0.1) is 6.10 Å². The predicted molar refractivity (Wildman–Crippen MR) is 124 cm³/mol. The van der Waals surface area contributed by atoms with Crippen LogP contribution >= 0.6 is 0 Å². The highest BCUT2D eigenvalue weighted by atomic mass is 16.5. The molecule has 4 aliphatic rings. The second kappa shape index (κ2) is 8.53. The number of ketones is 1. The molecule has 0 aromatic carbocycles. The van der Waals surface area contributed by atoms with E-state index in [1.807, 2.05) is 7.11 Å². The fourth-order valence-electron chi connectivity index (χ4n) is 9.24. The van der Waals surface area contributed by atoms with Gasteiger partial charge in [-0.1, -0.05) is 53.9 Å². The van der Waals surface area contributed by atoms with Gasteiger partial charge in [0, 0.05) is 19.4 Å². The Morgan fingerprint density at radius 1 is 0.967 bits per heavy atom. The lowest BCUT2D eigenvalue weighted by Crippen LogP contribution is -2.57. The molecule has 0 bridgehead atoms. The summed E-state index contributed by atoms with van der Waals surface area (Å²) in [6, 6.07) is 0. The second-order valence-electron chi connectivity index (χ2n) is 12.8. The number of rotatable bonds is 6. The Bertz CT molecular complexity index is 626. The van der Waals surface area contributed by atoms with E-state index in [0.29, 0.717) is 23.2 Å². The molecule has 2 heteroatoms. The fourth-order valence-corrected chi connectivity index (χ4v) is 9.24. The molecule has 4 fully saturated rings. The van der Waals surface area contributed by atoms with E-state index >= 15 is 0 Å². The van der Waals surface area contributed by atoms with Gasteiger partial charge in [0.2, 0.25) is 0 Å². The predicted octanol–water partition coefficient (Wildman–Crippen LogP) is 7.30. The second-order valence-corrected chi connectivity index (χ2v) is 12.8. The maximum Gasteiger partial charge on any atom is 0.136 e. The molecule has 0 aromatic heterocycles. The summed E-state index contributed by atoms with van der Waals surface area (Å²) in [6.07, 6.45) is 14.2. The summed E-state index contributed by atoms with van der Waals surface area (Å²) in [4.78, 5) is 13.4. The Morgan fingerprint density at radius 2 is 1.67 bits per heavy atom. The first kappa shape index (κ1) is 22.8. The molecular weight excluding hydrogens is 368 g/mol. The molecule has 0 saturated heterocycles. The summed E-state index contributed by atoms with van der Waals surface area (Å²) in [5.74, 6) is 5.60. The van der Waals surface area contributed by atoms with Crippen LogP contribution in [0.4, 0.5) is 0 Å². The van der Waals surface area contributed by atoms with Crippen molar-refractivity contribution in [1.82, 2.24) is 0 Å². The lowest BCUT2D eigenvalue weighted by molar-refractivity contribution is -0.161. The highest BCUT2D eigenvalue weighted by molar-refractivity contribution is 5.83. The third-order valence-electron chi connectivity index (χ3n) is 10.9. The number of ether oxygens (including phenoxy) is 1. The van der Waals surface area contributed by atoms with Crippen molar-refractivity contribution >= 4 is 5.78 Å². The molecule has 4 rings (SSSR count). The van der Waals surface area contributed by atoms with Crippen LogP contribution in [0.15, 0.2) is 0 Å². The maximum atomic E-state index is 13.4. The van der Waals surface area contributed by atoms with Crippen molar-refractivity contribution in [2.24, 2.45) is 52.3 Å². The summed E-state index contributed by atoms with van der Waals surface area (Å²) in [5, 5.41) is 0.